The maximum atomic E-state index is 11.6. The van der Waals surface area contributed by atoms with Gasteiger partial charge in [0.1, 0.15) is 12.4 Å². The first-order valence-electron chi connectivity index (χ1n) is 8.20. The molecule has 7 heteroatoms. The van der Waals surface area contributed by atoms with Crippen molar-refractivity contribution in [2.45, 2.75) is 6.61 Å². The van der Waals surface area contributed by atoms with Crippen LogP contribution >= 0.6 is 0 Å². The molecule has 2 aromatic carbocycles. The van der Waals surface area contributed by atoms with Gasteiger partial charge in [0.2, 0.25) is 0 Å². The average molecular weight is 368 g/mol. The molecule has 2 N–H and O–H groups in total. The minimum Gasteiger partial charge on any atom is -0.489 e. The van der Waals surface area contributed by atoms with Gasteiger partial charge < -0.3 is 14.8 Å². The molecule has 0 aliphatic rings. The monoisotopic (exact) mass is 368 g/mol. The Balaban J connectivity index is 1.77. The molecule has 2 rings (SSSR count). The van der Waals surface area contributed by atoms with Crippen molar-refractivity contribution < 1.29 is 23.9 Å². The average Bonchev–Trinajstić information content (AvgIpc) is 2.70. The lowest BCUT2D eigenvalue weighted by Crippen LogP contribution is -2.39. The molecule has 0 unspecified atom stereocenters. The summed E-state index contributed by atoms with van der Waals surface area (Å²) in [5.74, 6) is -0.688. The molecule has 0 saturated carbocycles. The van der Waals surface area contributed by atoms with Gasteiger partial charge in [0.15, 0.2) is 6.61 Å². The highest BCUT2D eigenvalue weighted by molar-refractivity contribution is 5.96. The van der Waals surface area contributed by atoms with Crippen molar-refractivity contribution in [2.75, 3.05) is 13.7 Å². The number of rotatable bonds is 7. The Morgan fingerprint density at radius 3 is 2.37 bits per heavy atom. The van der Waals surface area contributed by atoms with Crippen molar-refractivity contribution >= 4 is 24.0 Å². The first kappa shape index (κ1) is 19.7. The Hall–Kier alpha value is -3.61. The van der Waals surface area contributed by atoms with E-state index in [0.717, 1.165) is 11.1 Å². The maximum Gasteiger partial charge on any atom is 0.331 e. The Kier molecular flexibility index (Phi) is 7.59. The number of carbonyl (C=O) groups excluding carboxylic acids is 3. The van der Waals surface area contributed by atoms with E-state index in [1.165, 1.54) is 13.1 Å². The van der Waals surface area contributed by atoms with E-state index < -0.39 is 24.5 Å². The highest BCUT2D eigenvalue weighted by atomic mass is 16.5. The van der Waals surface area contributed by atoms with Gasteiger partial charge in [0.05, 0.1) is 0 Å². The summed E-state index contributed by atoms with van der Waals surface area (Å²) in [6.45, 7) is -0.0661. The maximum absolute atomic E-state index is 11.6. The van der Waals surface area contributed by atoms with Crippen molar-refractivity contribution in [1.82, 2.24) is 10.6 Å². The first-order valence-corrected chi connectivity index (χ1v) is 8.20. The molecule has 0 heterocycles. The number of esters is 1. The van der Waals surface area contributed by atoms with Gasteiger partial charge in [-0.05, 0) is 29.3 Å². The largest absolute Gasteiger partial charge is 0.489 e. The van der Waals surface area contributed by atoms with E-state index in [1.54, 1.807) is 30.3 Å². The molecule has 0 bridgehead atoms. The fraction of sp³-hybridized carbons (Fsp3) is 0.150. The van der Waals surface area contributed by atoms with Gasteiger partial charge in [0.25, 0.3) is 5.91 Å². The SMILES string of the molecule is CNC(=O)NC(=O)COC(=O)/C=C/c1ccc(OCc2ccccc2)cc1. The van der Waals surface area contributed by atoms with Crippen LogP contribution in [0, 0.1) is 0 Å². The van der Waals surface area contributed by atoms with E-state index in [2.05, 4.69) is 5.32 Å². The predicted molar refractivity (Wildman–Crippen MR) is 99.8 cm³/mol. The smallest absolute Gasteiger partial charge is 0.331 e. The summed E-state index contributed by atoms with van der Waals surface area (Å²) in [7, 11) is 1.37. The van der Waals surface area contributed by atoms with Gasteiger partial charge >= 0.3 is 12.0 Å². The van der Waals surface area contributed by atoms with Crippen LogP contribution in [0.1, 0.15) is 11.1 Å². The Morgan fingerprint density at radius 1 is 1.00 bits per heavy atom. The molecule has 2 aromatic rings. The van der Waals surface area contributed by atoms with Gasteiger partial charge in [-0.2, -0.15) is 0 Å². The zero-order chi connectivity index (χ0) is 19.5. The minimum absolute atomic E-state index is 0.473. The van der Waals surface area contributed by atoms with E-state index in [4.69, 9.17) is 9.47 Å². The third kappa shape index (κ3) is 7.43. The quantitative estimate of drug-likeness (QED) is 0.578. The minimum atomic E-state index is -0.712. The number of ether oxygens (including phenoxy) is 2. The van der Waals surface area contributed by atoms with Crippen molar-refractivity contribution in [3.8, 4) is 5.75 Å². The van der Waals surface area contributed by atoms with Gasteiger partial charge in [-0.3, -0.25) is 10.1 Å². The second kappa shape index (κ2) is 10.4. The van der Waals surface area contributed by atoms with Crippen LogP contribution in [-0.4, -0.2) is 31.6 Å². The number of carbonyl (C=O) groups is 3. The van der Waals surface area contributed by atoms with Gasteiger partial charge in [0, 0.05) is 13.1 Å². The van der Waals surface area contributed by atoms with Crippen molar-refractivity contribution in [3.63, 3.8) is 0 Å². The normalized spacial score (nSPS) is 10.3. The standard InChI is InChI=1S/C20H20N2O5/c1-21-20(25)22-18(23)14-27-19(24)12-9-15-7-10-17(11-8-15)26-13-16-5-3-2-4-6-16/h2-12H,13-14H2,1H3,(H2,21,22,23,25)/b12-9+. The molecule has 0 aliphatic heterocycles. The summed E-state index contributed by atoms with van der Waals surface area (Å²) >= 11 is 0. The summed E-state index contributed by atoms with van der Waals surface area (Å²) in [5.41, 5.74) is 1.85. The second-order valence-corrected chi connectivity index (χ2v) is 5.41. The molecule has 0 atom stereocenters. The van der Waals surface area contributed by atoms with E-state index in [1.807, 2.05) is 35.6 Å². The van der Waals surface area contributed by atoms with Gasteiger partial charge in [-0.25, -0.2) is 9.59 Å². The topological polar surface area (TPSA) is 93.7 Å². The summed E-state index contributed by atoms with van der Waals surface area (Å²) < 4.78 is 10.4. The van der Waals surface area contributed by atoms with Crippen LogP contribution in [0.5, 0.6) is 5.75 Å². The molecule has 0 fully saturated rings. The fourth-order valence-corrected chi connectivity index (χ4v) is 1.99. The lowest BCUT2D eigenvalue weighted by atomic mass is 10.2. The zero-order valence-corrected chi connectivity index (χ0v) is 14.8. The molecule has 0 aromatic heterocycles. The van der Waals surface area contributed by atoms with Crippen molar-refractivity contribution in [2.24, 2.45) is 0 Å². The predicted octanol–water partition coefficient (Wildman–Crippen LogP) is 2.28. The molecule has 7 nitrogen and oxygen atoms in total. The van der Waals surface area contributed by atoms with Crippen LogP contribution in [0.3, 0.4) is 0 Å². The second-order valence-electron chi connectivity index (χ2n) is 5.41. The number of imide groups is 1. The molecule has 0 saturated heterocycles. The molecule has 0 radical (unpaired) electrons. The number of nitrogens with one attached hydrogen (secondary N) is 2. The number of hydrogen-bond acceptors (Lipinski definition) is 5. The van der Waals surface area contributed by atoms with E-state index >= 15 is 0 Å². The van der Waals surface area contributed by atoms with Crippen LogP contribution in [0.25, 0.3) is 6.08 Å². The summed E-state index contributed by atoms with van der Waals surface area (Å²) in [5, 5.41) is 4.20. The van der Waals surface area contributed by atoms with Crippen molar-refractivity contribution in [3.05, 3.63) is 71.8 Å². The molecule has 0 aliphatic carbocycles. The summed E-state index contributed by atoms with van der Waals surface area (Å²) in [6.07, 6.45) is 2.76. The highest BCUT2D eigenvalue weighted by Crippen LogP contribution is 2.15. The number of hydrogen-bond donors (Lipinski definition) is 2. The summed E-state index contributed by atoms with van der Waals surface area (Å²) in [4.78, 5) is 33.8. The molecule has 0 spiro atoms. The van der Waals surface area contributed by atoms with Crippen molar-refractivity contribution in [1.29, 1.82) is 0 Å². The third-order valence-electron chi connectivity index (χ3n) is 3.37. The number of amides is 3. The lowest BCUT2D eigenvalue weighted by Gasteiger charge is -2.06. The molecule has 140 valence electrons. The summed E-state index contributed by atoms with van der Waals surface area (Å²) in [6, 6.07) is 16.3. The molecule has 3 amide bonds. The molecular formula is C20H20N2O5. The first-order chi connectivity index (χ1) is 13.1. The third-order valence-corrected chi connectivity index (χ3v) is 3.37. The van der Waals surface area contributed by atoms with Crippen LogP contribution < -0.4 is 15.4 Å². The van der Waals surface area contributed by atoms with E-state index in [9.17, 15) is 14.4 Å². The molecule has 27 heavy (non-hydrogen) atoms. The number of urea groups is 1. The highest BCUT2D eigenvalue weighted by Gasteiger charge is 2.07. The molecular weight excluding hydrogens is 348 g/mol. The Morgan fingerprint density at radius 2 is 1.70 bits per heavy atom. The van der Waals surface area contributed by atoms with Crippen LogP contribution in [-0.2, 0) is 20.9 Å². The van der Waals surface area contributed by atoms with Crippen LogP contribution in [0.4, 0.5) is 4.79 Å². The van der Waals surface area contributed by atoms with E-state index in [-0.39, 0.29) is 0 Å². The number of benzene rings is 2. The zero-order valence-electron chi connectivity index (χ0n) is 14.8. The van der Waals surface area contributed by atoms with Crippen LogP contribution in [0.2, 0.25) is 0 Å². The van der Waals surface area contributed by atoms with Crippen LogP contribution in [0.15, 0.2) is 60.7 Å². The Bertz CT molecular complexity index is 801. The van der Waals surface area contributed by atoms with Gasteiger partial charge in [-0.15, -0.1) is 0 Å². The Labute approximate surface area is 157 Å². The fourth-order valence-electron chi connectivity index (χ4n) is 1.99. The van der Waals surface area contributed by atoms with E-state index in [0.29, 0.717) is 12.4 Å². The van der Waals surface area contributed by atoms with Gasteiger partial charge in [-0.1, -0.05) is 42.5 Å². The lowest BCUT2D eigenvalue weighted by molar-refractivity contribution is -0.143.